The van der Waals surface area contributed by atoms with Crippen LogP contribution in [-0.4, -0.2) is 49.6 Å². The Kier molecular flexibility index (Phi) is 4.01. The van der Waals surface area contributed by atoms with Crippen LogP contribution in [-0.2, 0) is 0 Å². The lowest BCUT2D eigenvalue weighted by molar-refractivity contribution is 0.0996. The molecular formula is C16H23N3O2. The van der Waals surface area contributed by atoms with Gasteiger partial charge in [0.05, 0.1) is 12.2 Å². The number of piperazine rings is 1. The molecule has 0 saturated carbocycles. The van der Waals surface area contributed by atoms with Gasteiger partial charge >= 0.3 is 0 Å². The highest BCUT2D eigenvalue weighted by atomic mass is 16.5. The van der Waals surface area contributed by atoms with E-state index in [2.05, 4.69) is 9.80 Å². The summed E-state index contributed by atoms with van der Waals surface area (Å²) in [6.45, 7) is 6.88. The van der Waals surface area contributed by atoms with Gasteiger partial charge in [0.1, 0.15) is 5.75 Å². The average molecular weight is 289 g/mol. The van der Waals surface area contributed by atoms with Gasteiger partial charge in [-0.25, -0.2) is 0 Å². The highest BCUT2D eigenvalue weighted by Gasteiger charge is 2.30. The lowest BCUT2D eigenvalue weighted by Gasteiger charge is -2.39. The molecular weight excluding hydrogens is 266 g/mol. The minimum atomic E-state index is -0.439. The van der Waals surface area contributed by atoms with E-state index in [1.54, 1.807) is 6.07 Å². The molecule has 2 saturated heterocycles. The summed E-state index contributed by atoms with van der Waals surface area (Å²) in [4.78, 5) is 16.4. The second kappa shape index (κ2) is 5.93. The molecule has 0 bridgehead atoms. The van der Waals surface area contributed by atoms with Crippen molar-refractivity contribution in [2.45, 2.75) is 25.8 Å². The number of rotatable bonds is 4. The second-order valence-corrected chi connectivity index (χ2v) is 5.76. The maximum atomic E-state index is 11.5. The molecule has 5 nitrogen and oxygen atoms in total. The Morgan fingerprint density at radius 3 is 3.00 bits per heavy atom. The summed E-state index contributed by atoms with van der Waals surface area (Å²) in [6, 6.07) is 6.38. The number of fused-ring (bicyclic) bond motifs is 1. The summed E-state index contributed by atoms with van der Waals surface area (Å²) in [5.74, 6) is 0.155. The largest absolute Gasteiger partial charge is 0.493 e. The van der Waals surface area contributed by atoms with Crippen molar-refractivity contribution in [1.29, 1.82) is 0 Å². The zero-order chi connectivity index (χ0) is 14.8. The summed E-state index contributed by atoms with van der Waals surface area (Å²) in [7, 11) is 0. The number of amides is 1. The van der Waals surface area contributed by atoms with Gasteiger partial charge in [0.2, 0.25) is 0 Å². The van der Waals surface area contributed by atoms with Gasteiger partial charge in [-0.1, -0.05) is 0 Å². The number of hydrogen-bond donors (Lipinski definition) is 1. The van der Waals surface area contributed by atoms with Gasteiger partial charge in [-0.3, -0.25) is 9.69 Å². The zero-order valence-electron chi connectivity index (χ0n) is 12.5. The molecule has 2 aliphatic rings. The van der Waals surface area contributed by atoms with Crippen LogP contribution in [0.4, 0.5) is 5.69 Å². The van der Waals surface area contributed by atoms with E-state index >= 15 is 0 Å². The van der Waals surface area contributed by atoms with Crippen LogP contribution in [0.15, 0.2) is 18.2 Å². The minimum absolute atomic E-state index is 0.439. The third-order valence-electron chi connectivity index (χ3n) is 4.48. The van der Waals surface area contributed by atoms with Gasteiger partial charge in [-0.15, -0.1) is 0 Å². The molecule has 2 aliphatic heterocycles. The number of carbonyl (C=O) groups is 1. The third kappa shape index (κ3) is 2.83. The number of primary amides is 1. The van der Waals surface area contributed by atoms with Crippen molar-refractivity contribution in [3.05, 3.63) is 23.8 Å². The Balaban J connectivity index is 1.81. The Morgan fingerprint density at radius 2 is 2.24 bits per heavy atom. The average Bonchev–Trinajstić information content (AvgIpc) is 2.94. The van der Waals surface area contributed by atoms with Crippen LogP contribution in [0.25, 0.3) is 0 Å². The summed E-state index contributed by atoms with van der Waals surface area (Å²) >= 11 is 0. The molecule has 0 aromatic heterocycles. The Bertz CT molecular complexity index is 532. The summed E-state index contributed by atoms with van der Waals surface area (Å²) in [5.41, 5.74) is 6.98. The monoisotopic (exact) mass is 289 g/mol. The van der Waals surface area contributed by atoms with Crippen LogP contribution in [0.3, 0.4) is 0 Å². The number of nitrogens with zero attached hydrogens (tertiary/aromatic N) is 2. The Hall–Kier alpha value is -1.75. The molecule has 2 N–H and O–H groups in total. The molecule has 0 radical (unpaired) electrons. The first-order valence-corrected chi connectivity index (χ1v) is 7.74. The Labute approximate surface area is 125 Å². The molecule has 2 fully saturated rings. The number of anilines is 1. The van der Waals surface area contributed by atoms with E-state index in [0.29, 0.717) is 24.0 Å². The van der Waals surface area contributed by atoms with E-state index in [1.807, 2.05) is 19.1 Å². The second-order valence-electron chi connectivity index (χ2n) is 5.76. The van der Waals surface area contributed by atoms with Crippen LogP contribution in [0.2, 0.25) is 0 Å². The third-order valence-corrected chi connectivity index (χ3v) is 4.48. The van der Waals surface area contributed by atoms with Crippen molar-refractivity contribution >= 4 is 11.6 Å². The van der Waals surface area contributed by atoms with E-state index in [-0.39, 0.29) is 0 Å². The van der Waals surface area contributed by atoms with Gasteiger partial charge in [-0.05, 0) is 38.4 Å². The van der Waals surface area contributed by atoms with E-state index in [4.69, 9.17) is 10.5 Å². The number of carbonyl (C=O) groups excluding carboxylic acids is 1. The van der Waals surface area contributed by atoms with E-state index in [0.717, 1.165) is 25.3 Å². The van der Waals surface area contributed by atoms with E-state index in [1.165, 1.54) is 19.4 Å². The maximum Gasteiger partial charge on any atom is 0.252 e. The van der Waals surface area contributed by atoms with E-state index < -0.39 is 5.91 Å². The predicted octanol–water partition coefficient (Wildman–Crippen LogP) is 1.47. The zero-order valence-corrected chi connectivity index (χ0v) is 12.5. The molecule has 0 spiro atoms. The van der Waals surface area contributed by atoms with Gasteiger partial charge in [0.15, 0.2) is 0 Å². The molecule has 21 heavy (non-hydrogen) atoms. The molecule has 1 amide bonds. The molecule has 3 rings (SSSR count). The standard InChI is InChI=1S/C16H23N3O2/c1-2-21-15-10-12(5-6-14(15)16(17)20)19-9-8-18-7-3-4-13(18)11-19/h5-6,10,13H,2-4,7-9,11H2,1H3,(H2,17,20). The number of benzene rings is 1. The van der Waals surface area contributed by atoms with E-state index in [9.17, 15) is 4.79 Å². The smallest absolute Gasteiger partial charge is 0.252 e. The van der Waals surface area contributed by atoms with Gasteiger partial charge in [0, 0.05) is 37.4 Å². The van der Waals surface area contributed by atoms with Crippen LogP contribution in [0, 0.1) is 0 Å². The topological polar surface area (TPSA) is 58.8 Å². The summed E-state index contributed by atoms with van der Waals surface area (Å²) in [6.07, 6.45) is 2.59. The first-order valence-electron chi connectivity index (χ1n) is 7.74. The molecule has 114 valence electrons. The van der Waals surface area contributed by atoms with Gasteiger partial charge < -0.3 is 15.4 Å². The highest BCUT2D eigenvalue weighted by Crippen LogP contribution is 2.29. The van der Waals surface area contributed by atoms with Crippen molar-refractivity contribution in [3.63, 3.8) is 0 Å². The predicted molar refractivity (Wildman–Crippen MR) is 82.9 cm³/mol. The van der Waals surface area contributed by atoms with Crippen molar-refractivity contribution in [3.8, 4) is 5.75 Å². The van der Waals surface area contributed by atoms with Crippen molar-refractivity contribution in [2.24, 2.45) is 5.73 Å². The highest BCUT2D eigenvalue weighted by molar-refractivity contribution is 5.96. The lowest BCUT2D eigenvalue weighted by atomic mass is 10.1. The fraction of sp³-hybridized carbons (Fsp3) is 0.562. The molecule has 5 heteroatoms. The number of nitrogens with two attached hydrogens (primary N) is 1. The normalized spacial score (nSPS) is 22.1. The van der Waals surface area contributed by atoms with Gasteiger partial charge in [0.25, 0.3) is 5.91 Å². The maximum absolute atomic E-state index is 11.5. The number of ether oxygens (including phenoxy) is 1. The SMILES string of the molecule is CCOc1cc(N2CCN3CCCC3C2)ccc1C(N)=O. The van der Waals surface area contributed by atoms with Crippen LogP contribution in [0.5, 0.6) is 5.75 Å². The lowest BCUT2D eigenvalue weighted by Crippen LogP contribution is -2.50. The van der Waals surface area contributed by atoms with Crippen LogP contribution < -0.4 is 15.4 Å². The molecule has 1 atom stereocenters. The fourth-order valence-corrected chi connectivity index (χ4v) is 3.41. The van der Waals surface area contributed by atoms with Crippen molar-refractivity contribution in [2.75, 3.05) is 37.7 Å². The molecule has 0 aliphatic carbocycles. The first kappa shape index (κ1) is 14.2. The van der Waals surface area contributed by atoms with Crippen molar-refractivity contribution < 1.29 is 9.53 Å². The molecule has 2 heterocycles. The summed E-state index contributed by atoms with van der Waals surface area (Å²) < 4.78 is 5.58. The van der Waals surface area contributed by atoms with Crippen LogP contribution >= 0.6 is 0 Å². The number of hydrogen-bond acceptors (Lipinski definition) is 4. The minimum Gasteiger partial charge on any atom is -0.493 e. The fourth-order valence-electron chi connectivity index (χ4n) is 3.41. The molecule has 1 unspecified atom stereocenters. The van der Waals surface area contributed by atoms with Gasteiger partial charge in [-0.2, -0.15) is 0 Å². The quantitative estimate of drug-likeness (QED) is 0.912. The first-order chi connectivity index (χ1) is 10.2. The molecule has 1 aromatic carbocycles. The van der Waals surface area contributed by atoms with Crippen molar-refractivity contribution in [1.82, 2.24) is 4.90 Å². The Morgan fingerprint density at radius 1 is 1.38 bits per heavy atom. The van der Waals surface area contributed by atoms with Crippen LogP contribution in [0.1, 0.15) is 30.1 Å². The summed E-state index contributed by atoms with van der Waals surface area (Å²) in [5, 5.41) is 0. The molecule has 1 aromatic rings.